The SMILES string of the molecule is CC(=O)O[C@@H](C)[C@H](NC(=O)c1csc(-c2ccc(NC(=O)OC(C)(C)C)cc2)n1)C(=O)OC(=O)[C@@H](N)CO[Si](c1ccccc1)(c1ccccc1)C(C)(C)C. The van der Waals surface area contributed by atoms with Crippen LogP contribution in [-0.2, 0) is 33.0 Å². The molecule has 292 valence electrons. The molecule has 0 aliphatic heterocycles. The second-order valence-electron chi connectivity index (χ2n) is 14.8. The Labute approximate surface area is 326 Å². The summed E-state index contributed by atoms with van der Waals surface area (Å²) >= 11 is 1.17. The van der Waals surface area contributed by atoms with Gasteiger partial charge in [-0.1, -0.05) is 81.4 Å². The van der Waals surface area contributed by atoms with Gasteiger partial charge < -0.3 is 29.7 Å². The largest absolute Gasteiger partial charge is 0.460 e. The molecule has 0 unspecified atom stereocenters. The van der Waals surface area contributed by atoms with Crippen LogP contribution in [0.2, 0.25) is 5.04 Å². The number of ether oxygens (including phenoxy) is 3. The van der Waals surface area contributed by atoms with Gasteiger partial charge in [-0.3, -0.25) is 14.9 Å². The van der Waals surface area contributed by atoms with Crippen molar-refractivity contribution in [1.82, 2.24) is 10.3 Å². The van der Waals surface area contributed by atoms with Gasteiger partial charge in [-0.2, -0.15) is 0 Å². The first-order valence-corrected chi connectivity index (χ1v) is 20.4. The van der Waals surface area contributed by atoms with Crippen LogP contribution in [0.15, 0.2) is 90.3 Å². The van der Waals surface area contributed by atoms with Gasteiger partial charge in [-0.05, 0) is 67.4 Å². The fraction of sp³-hybridized carbons (Fsp3) is 0.350. The molecular formula is C40H48N4O9SSi. The molecule has 4 aromatic rings. The molecule has 0 saturated heterocycles. The highest BCUT2D eigenvalue weighted by atomic mass is 32.1. The second-order valence-corrected chi connectivity index (χ2v) is 20.0. The van der Waals surface area contributed by atoms with Crippen LogP contribution in [0.4, 0.5) is 10.5 Å². The molecule has 3 aromatic carbocycles. The van der Waals surface area contributed by atoms with Crippen molar-refractivity contribution in [2.24, 2.45) is 5.73 Å². The van der Waals surface area contributed by atoms with Crippen LogP contribution in [0.25, 0.3) is 10.6 Å². The topological polar surface area (TPSA) is 185 Å². The number of nitrogens with zero attached hydrogens (tertiary/aromatic N) is 1. The summed E-state index contributed by atoms with van der Waals surface area (Å²) < 4.78 is 22.4. The quantitative estimate of drug-likeness (QED) is 0.0702. The van der Waals surface area contributed by atoms with E-state index in [1.54, 1.807) is 45.0 Å². The van der Waals surface area contributed by atoms with E-state index in [1.165, 1.54) is 23.6 Å². The predicted octanol–water partition coefficient (Wildman–Crippen LogP) is 5.18. The molecule has 0 spiro atoms. The van der Waals surface area contributed by atoms with Crippen LogP contribution in [0.1, 0.15) is 65.9 Å². The van der Waals surface area contributed by atoms with Crippen molar-refractivity contribution in [2.45, 2.75) is 84.2 Å². The summed E-state index contributed by atoms with van der Waals surface area (Å²) in [5.41, 5.74) is 6.76. The van der Waals surface area contributed by atoms with E-state index in [1.807, 2.05) is 60.7 Å². The average Bonchev–Trinajstić information content (AvgIpc) is 3.61. The summed E-state index contributed by atoms with van der Waals surface area (Å²) in [7, 11) is -3.07. The summed E-state index contributed by atoms with van der Waals surface area (Å²) in [6, 6.07) is 23.3. The van der Waals surface area contributed by atoms with E-state index in [4.69, 9.17) is 24.4 Å². The first-order valence-electron chi connectivity index (χ1n) is 17.6. The Balaban J connectivity index is 1.47. The van der Waals surface area contributed by atoms with Crippen molar-refractivity contribution in [2.75, 3.05) is 11.9 Å². The molecule has 13 nitrogen and oxygen atoms in total. The van der Waals surface area contributed by atoms with Crippen molar-refractivity contribution in [3.05, 3.63) is 96.0 Å². The van der Waals surface area contributed by atoms with Crippen LogP contribution >= 0.6 is 11.3 Å². The van der Waals surface area contributed by atoms with Crippen LogP contribution in [0, 0.1) is 0 Å². The third-order valence-electron chi connectivity index (χ3n) is 8.28. The molecule has 2 amide bonds. The minimum Gasteiger partial charge on any atom is -0.460 e. The lowest BCUT2D eigenvalue weighted by Gasteiger charge is -2.43. The fourth-order valence-electron chi connectivity index (χ4n) is 5.82. The van der Waals surface area contributed by atoms with Gasteiger partial charge in [0, 0.05) is 23.6 Å². The fourth-order valence-corrected chi connectivity index (χ4v) is 11.2. The van der Waals surface area contributed by atoms with Crippen LogP contribution in [0.3, 0.4) is 0 Å². The third-order valence-corrected chi connectivity index (χ3v) is 14.2. The Morgan fingerprint density at radius 1 is 0.836 bits per heavy atom. The van der Waals surface area contributed by atoms with Gasteiger partial charge in [0.25, 0.3) is 14.2 Å². The van der Waals surface area contributed by atoms with Crippen molar-refractivity contribution >= 4 is 65.6 Å². The Bertz CT molecular complexity index is 1920. The number of carbonyl (C=O) groups excluding carboxylic acids is 5. The van der Waals surface area contributed by atoms with Gasteiger partial charge in [-0.15, -0.1) is 11.3 Å². The van der Waals surface area contributed by atoms with Crippen LogP contribution < -0.4 is 26.7 Å². The lowest BCUT2D eigenvalue weighted by molar-refractivity contribution is -0.165. The summed E-state index contributed by atoms with van der Waals surface area (Å²) in [5.74, 6) is -3.77. The number of carbonyl (C=O) groups is 5. The van der Waals surface area contributed by atoms with Crippen molar-refractivity contribution < 1.29 is 42.6 Å². The smallest absolute Gasteiger partial charge is 0.412 e. The number of amides is 2. The lowest BCUT2D eigenvalue weighted by atomic mass is 10.1. The molecule has 0 bridgehead atoms. The maximum atomic E-state index is 13.5. The van der Waals surface area contributed by atoms with E-state index in [2.05, 4.69) is 36.4 Å². The maximum Gasteiger partial charge on any atom is 0.412 e. The van der Waals surface area contributed by atoms with Crippen molar-refractivity contribution in [1.29, 1.82) is 0 Å². The summed E-state index contributed by atoms with van der Waals surface area (Å²) in [5, 5.41) is 8.65. The van der Waals surface area contributed by atoms with Crippen LogP contribution in [0.5, 0.6) is 0 Å². The minimum absolute atomic E-state index is 0.0366. The maximum absolute atomic E-state index is 13.5. The molecule has 1 aromatic heterocycles. The molecule has 15 heteroatoms. The van der Waals surface area contributed by atoms with Gasteiger partial charge in [0.1, 0.15) is 28.4 Å². The molecule has 4 rings (SSSR count). The zero-order valence-corrected chi connectivity index (χ0v) is 34.0. The van der Waals surface area contributed by atoms with E-state index < -0.39 is 67.1 Å². The summed E-state index contributed by atoms with van der Waals surface area (Å²) in [6.07, 6.45) is -1.83. The van der Waals surface area contributed by atoms with Gasteiger partial charge >= 0.3 is 24.0 Å². The third kappa shape index (κ3) is 11.2. The summed E-state index contributed by atoms with van der Waals surface area (Å²) in [4.78, 5) is 68.5. The summed E-state index contributed by atoms with van der Waals surface area (Å²) in [6.45, 7) is 13.8. The Hall–Kier alpha value is -5.22. The first kappa shape index (κ1) is 42.5. The van der Waals surface area contributed by atoms with Crippen molar-refractivity contribution in [3.8, 4) is 10.6 Å². The van der Waals surface area contributed by atoms with E-state index in [-0.39, 0.29) is 12.3 Å². The number of anilines is 1. The Morgan fingerprint density at radius 2 is 1.40 bits per heavy atom. The number of hydrogen-bond donors (Lipinski definition) is 3. The molecule has 0 fully saturated rings. The van der Waals surface area contributed by atoms with Crippen LogP contribution in [-0.4, -0.2) is 73.6 Å². The lowest BCUT2D eigenvalue weighted by Crippen LogP contribution is -2.67. The molecule has 0 aliphatic rings. The van der Waals surface area contributed by atoms with E-state index >= 15 is 0 Å². The standard InChI is InChI=1S/C40H48N4O9SSi/c1-25(51-26(2)45)33(44-34(46)32-24-54-35(43-32)27-19-21-28(22-20-27)42-38(49)53-39(3,4)5)37(48)52-36(47)31(41)23-50-55(40(6,7)8,29-15-11-9-12-16-29)30-17-13-10-14-18-30/h9-22,24-25,31,33H,23,41H2,1-8H3,(H,42,49)(H,44,46)/t25-,31-,33-/m0/s1. The highest BCUT2D eigenvalue weighted by molar-refractivity contribution is 7.13. The molecule has 4 N–H and O–H groups in total. The predicted molar refractivity (Wildman–Crippen MR) is 213 cm³/mol. The number of esters is 3. The zero-order valence-electron chi connectivity index (χ0n) is 32.2. The zero-order chi connectivity index (χ0) is 40.6. The Kier molecular flexibility index (Phi) is 13.9. The van der Waals surface area contributed by atoms with E-state index in [0.29, 0.717) is 16.3 Å². The average molecular weight is 789 g/mol. The molecular weight excluding hydrogens is 741 g/mol. The number of benzene rings is 3. The first-order chi connectivity index (χ1) is 25.8. The molecule has 1 heterocycles. The number of hydrogen-bond acceptors (Lipinski definition) is 12. The number of thiazole rings is 1. The molecule has 3 atom stereocenters. The molecule has 0 saturated carbocycles. The molecule has 0 aliphatic carbocycles. The second kappa shape index (κ2) is 17.9. The van der Waals surface area contributed by atoms with E-state index in [9.17, 15) is 24.0 Å². The highest BCUT2D eigenvalue weighted by Gasteiger charge is 2.50. The highest BCUT2D eigenvalue weighted by Crippen LogP contribution is 2.37. The number of rotatable bonds is 13. The number of nitrogens with one attached hydrogen (secondary N) is 2. The van der Waals surface area contributed by atoms with E-state index in [0.717, 1.165) is 17.3 Å². The van der Waals surface area contributed by atoms with Gasteiger partial charge in [-0.25, -0.2) is 19.4 Å². The molecule has 0 radical (unpaired) electrons. The van der Waals surface area contributed by atoms with Crippen molar-refractivity contribution in [3.63, 3.8) is 0 Å². The minimum atomic E-state index is -3.07. The normalized spacial score (nSPS) is 13.5. The Morgan fingerprint density at radius 3 is 1.91 bits per heavy atom. The number of aromatic nitrogens is 1. The monoisotopic (exact) mass is 788 g/mol. The molecule has 55 heavy (non-hydrogen) atoms. The van der Waals surface area contributed by atoms with Gasteiger partial charge in [0.15, 0.2) is 6.04 Å². The number of nitrogens with two attached hydrogens (primary N) is 1. The van der Waals surface area contributed by atoms with Gasteiger partial charge in [0.05, 0.1) is 6.61 Å². The van der Waals surface area contributed by atoms with Gasteiger partial charge in [0.2, 0.25) is 0 Å².